The highest BCUT2D eigenvalue weighted by molar-refractivity contribution is 6.04. The number of benzene rings is 3. The average molecular weight is 453 g/mol. The van der Waals surface area contributed by atoms with Crippen molar-refractivity contribution in [2.45, 2.75) is 18.9 Å². The summed E-state index contributed by atoms with van der Waals surface area (Å²) >= 11 is 0. The smallest absolute Gasteiger partial charge is 0.255 e. The van der Waals surface area contributed by atoms with Crippen molar-refractivity contribution < 1.29 is 23.0 Å². The molecule has 0 unspecified atom stereocenters. The van der Waals surface area contributed by atoms with Crippen molar-refractivity contribution >= 4 is 17.3 Å². The monoisotopic (exact) mass is 453 g/mol. The Labute approximate surface area is 190 Å². The fourth-order valence-electron chi connectivity index (χ4n) is 3.54. The lowest BCUT2D eigenvalue weighted by molar-refractivity contribution is 0.102. The molecule has 3 aromatic carbocycles. The summed E-state index contributed by atoms with van der Waals surface area (Å²) in [6.45, 7) is 1.99. The number of ether oxygens (including phenoxy) is 2. The highest BCUT2D eigenvalue weighted by Gasteiger charge is 2.18. The number of likely N-dealkylation sites (tertiary alicyclic amines) is 1. The molecule has 8 heteroatoms. The number of nitrogens with one attached hydrogen (secondary N) is 1. The summed E-state index contributed by atoms with van der Waals surface area (Å²) in [5, 5.41) is 2.55. The number of nitrogens with two attached hydrogens (primary N) is 1. The highest BCUT2D eigenvalue weighted by Crippen LogP contribution is 2.28. The van der Waals surface area contributed by atoms with Crippen LogP contribution in [0.2, 0.25) is 0 Å². The lowest BCUT2D eigenvalue weighted by Crippen LogP contribution is -2.35. The third-order valence-electron chi connectivity index (χ3n) is 5.48. The fraction of sp³-hybridized carbons (Fsp3) is 0.240. The molecule has 0 saturated carbocycles. The second-order valence-electron chi connectivity index (χ2n) is 8.03. The molecule has 6 nitrogen and oxygen atoms in total. The number of carbonyl (C=O) groups is 1. The Hall–Kier alpha value is -3.65. The first kappa shape index (κ1) is 22.5. The van der Waals surface area contributed by atoms with Crippen LogP contribution in [0.15, 0.2) is 60.7 Å². The van der Waals surface area contributed by atoms with E-state index in [0.29, 0.717) is 11.3 Å². The topological polar surface area (TPSA) is 76.8 Å². The van der Waals surface area contributed by atoms with Crippen LogP contribution in [0.3, 0.4) is 0 Å². The van der Waals surface area contributed by atoms with Crippen LogP contribution in [-0.2, 0) is 0 Å². The minimum atomic E-state index is -0.681. The van der Waals surface area contributed by atoms with Gasteiger partial charge in [0.15, 0.2) is 0 Å². The molecular weight excluding hydrogens is 428 g/mol. The molecule has 1 fully saturated rings. The molecule has 3 N–H and O–H groups in total. The van der Waals surface area contributed by atoms with Gasteiger partial charge >= 0.3 is 0 Å². The van der Waals surface area contributed by atoms with E-state index in [1.54, 1.807) is 24.3 Å². The summed E-state index contributed by atoms with van der Waals surface area (Å²) < 4.78 is 39.5. The number of piperidine rings is 1. The first-order valence-corrected chi connectivity index (χ1v) is 10.7. The maximum Gasteiger partial charge on any atom is 0.255 e. The van der Waals surface area contributed by atoms with E-state index in [-0.39, 0.29) is 29.0 Å². The number of carbonyl (C=O) groups excluding carboxylic acids is 1. The Kier molecular flexibility index (Phi) is 6.74. The van der Waals surface area contributed by atoms with Crippen LogP contribution in [0.4, 0.5) is 20.2 Å². The van der Waals surface area contributed by atoms with Crippen molar-refractivity contribution in [1.29, 1.82) is 0 Å². The zero-order valence-electron chi connectivity index (χ0n) is 18.2. The van der Waals surface area contributed by atoms with E-state index in [9.17, 15) is 13.6 Å². The van der Waals surface area contributed by atoms with Crippen molar-refractivity contribution in [3.05, 3.63) is 77.9 Å². The van der Waals surface area contributed by atoms with Gasteiger partial charge in [-0.1, -0.05) is 0 Å². The standard InChI is InChI=1S/C25H25F2N3O3/c1-30-12-10-18(11-13-30)32-17-4-2-16(3-5-17)25(31)29-24-9-7-20(15-22(24)27)33-19-6-8-23(28)21(26)14-19/h2-9,14-15,18H,10-13,28H2,1H3,(H,29,31). The number of nitrogens with zero attached hydrogens (tertiary/aromatic N) is 1. The second kappa shape index (κ2) is 9.87. The van der Waals surface area contributed by atoms with Gasteiger partial charge in [0.05, 0.1) is 11.4 Å². The number of amides is 1. The molecule has 0 atom stereocenters. The van der Waals surface area contributed by atoms with Crippen LogP contribution < -0.4 is 20.5 Å². The van der Waals surface area contributed by atoms with Gasteiger partial charge in [0.25, 0.3) is 5.91 Å². The predicted octanol–water partition coefficient (Wildman–Crippen LogP) is 5.06. The Morgan fingerprint density at radius 3 is 2.18 bits per heavy atom. The van der Waals surface area contributed by atoms with Crippen LogP contribution >= 0.6 is 0 Å². The Balaban J connectivity index is 1.36. The molecule has 0 bridgehead atoms. The van der Waals surface area contributed by atoms with Crippen LogP contribution in [-0.4, -0.2) is 37.0 Å². The molecule has 1 amide bonds. The summed E-state index contributed by atoms with van der Waals surface area (Å²) in [4.78, 5) is 14.8. The molecule has 0 aromatic heterocycles. The second-order valence-corrected chi connectivity index (χ2v) is 8.03. The largest absolute Gasteiger partial charge is 0.490 e. The van der Waals surface area contributed by atoms with Crippen LogP contribution in [0.1, 0.15) is 23.2 Å². The van der Waals surface area contributed by atoms with Gasteiger partial charge in [-0.3, -0.25) is 4.79 Å². The van der Waals surface area contributed by atoms with E-state index in [1.165, 1.54) is 24.3 Å². The molecule has 1 heterocycles. The minimum Gasteiger partial charge on any atom is -0.490 e. The van der Waals surface area contributed by atoms with E-state index in [1.807, 2.05) is 0 Å². The van der Waals surface area contributed by atoms with Gasteiger partial charge in [0.2, 0.25) is 0 Å². The summed E-state index contributed by atoms with van der Waals surface area (Å²) in [6, 6.07) is 14.7. The Morgan fingerprint density at radius 2 is 1.55 bits per heavy atom. The SMILES string of the molecule is CN1CCC(Oc2ccc(C(=O)Nc3ccc(Oc4ccc(N)c(F)c4)cc3F)cc2)CC1. The molecular formula is C25H25F2N3O3. The van der Waals surface area contributed by atoms with E-state index < -0.39 is 17.5 Å². The normalized spacial score (nSPS) is 14.6. The van der Waals surface area contributed by atoms with Crippen molar-refractivity contribution in [3.8, 4) is 17.2 Å². The summed E-state index contributed by atoms with van der Waals surface area (Å²) in [7, 11) is 2.09. The maximum absolute atomic E-state index is 14.5. The molecule has 33 heavy (non-hydrogen) atoms. The molecule has 0 radical (unpaired) electrons. The minimum absolute atomic E-state index is 0.00230. The number of rotatable bonds is 6. The van der Waals surface area contributed by atoms with Gasteiger partial charge in [-0.25, -0.2) is 8.78 Å². The van der Waals surface area contributed by atoms with Crippen LogP contribution in [0, 0.1) is 11.6 Å². The summed E-state index contributed by atoms with van der Waals surface area (Å²) in [5.74, 6) is -0.717. The summed E-state index contributed by atoms with van der Waals surface area (Å²) in [5.41, 5.74) is 5.81. The molecule has 4 rings (SSSR count). The van der Waals surface area contributed by atoms with Gasteiger partial charge in [-0.2, -0.15) is 0 Å². The lowest BCUT2D eigenvalue weighted by atomic mass is 10.1. The molecule has 1 aliphatic heterocycles. The molecule has 0 aliphatic carbocycles. The van der Waals surface area contributed by atoms with Gasteiger partial charge in [-0.05, 0) is 68.4 Å². The third kappa shape index (κ3) is 5.78. The zero-order chi connectivity index (χ0) is 23.4. The lowest BCUT2D eigenvalue weighted by Gasteiger charge is -2.29. The van der Waals surface area contributed by atoms with E-state index >= 15 is 0 Å². The van der Waals surface area contributed by atoms with E-state index in [0.717, 1.165) is 38.1 Å². The van der Waals surface area contributed by atoms with Gasteiger partial charge < -0.3 is 25.4 Å². The average Bonchev–Trinajstić information content (AvgIpc) is 2.80. The van der Waals surface area contributed by atoms with Crippen LogP contribution in [0.5, 0.6) is 17.2 Å². The Morgan fingerprint density at radius 1 is 0.939 bits per heavy atom. The maximum atomic E-state index is 14.5. The molecule has 3 aromatic rings. The molecule has 1 saturated heterocycles. The van der Waals surface area contributed by atoms with Crippen molar-refractivity contribution in [2.75, 3.05) is 31.2 Å². The molecule has 172 valence electrons. The number of hydrogen-bond donors (Lipinski definition) is 2. The van der Waals surface area contributed by atoms with Crippen molar-refractivity contribution in [1.82, 2.24) is 4.90 Å². The third-order valence-corrected chi connectivity index (χ3v) is 5.48. The van der Waals surface area contributed by atoms with E-state index in [4.69, 9.17) is 15.2 Å². The van der Waals surface area contributed by atoms with Gasteiger partial charge in [-0.15, -0.1) is 0 Å². The Bertz CT molecular complexity index is 1130. The summed E-state index contributed by atoms with van der Waals surface area (Å²) in [6.07, 6.45) is 2.09. The fourth-order valence-corrected chi connectivity index (χ4v) is 3.54. The first-order chi connectivity index (χ1) is 15.9. The van der Waals surface area contributed by atoms with Gasteiger partial charge in [0, 0.05) is 30.8 Å². The number of halogens is 2. The number of hydrogen-bond acceptors (Lipinski definition) is 5. The predicted molar refractivity (Wildman–Crippen MR) is 123 cm³/mol. The van der Waals surface area contributed by atoms with Gasteiger partial charge in [0.1, 0.15) is 35.0 Å². The number of anilines is 2. The van der Waals surface area contributed by atoms with Crippen molar-refractivity contribution in [3.63, 3.8) is 0 Å². The van der Waals surface area contributed by atoms with E-state index in [2.05, 4.69) is 17.3 Å². The number of nitrogen functional groups attached to an aromatic ring is 1. The highest BCUT2D eigenvalue weighted by atomic mass is 19.1. The van der Waals surface area contributed by atoms with Crippen molar-refractivity contribution in [2.24, 2.45) is 0 Å². The first-order valence-electron chi connectivity index (χ1n) is 10.7. The zero-order valence-corrected chi connectivity index (χ0v) is 18.2. The quantitative estimate of drug-likeness (QED) is 0.510. The molecule has 1 aliphatic rings. The van der Waals surface area contributed by atoms with Crippen LogP contribution in [0.25, 0.3) is 0 Å². The molecule has 0 spiro atoms.